The summed E-state index contributed by atoms with van der Waals surface area (Å²) in [5.41, 5.74) is 2.63. The molecule has 0 saturated heterocycles. The van der Waals surface area contributed by atoms with Crippen LogP contribution in [0.1, 0.15) is 174 Å². The van der Waals surface area contributed by atoms with Gasteiger partial charge in [-0.15, -0.1) is 11.8 Å². The van der Waals surface area contributed by atoms with Crippen LogP contribution in [0.25, 0.3) is 0 Å². The van der Waals surface area contributed by atoms with Crippen LogP contribution in [0.15, 0.2) is 12.1 Å². The van der Waals surface area contributed by atoms with Crippen molar-refractivity contribution < 1.29 is 15.0 Å². The Hall–Kier alpha value is -1.16. The lowest BCUT2D eigenvalue weighted by atomic mass is 9.78. The topological polar surface area (TPSA) is 57.5 Å². The lowest BCUT2D eigenvalue weighted by Crippen LogP contribution is -2.19. The first kappa shape index (κ1) is 35.9. The highest BCUT2D eigenvalue weighted by molar-refractivity contribution is 7.99. The van der Waals surface area contributed by atoms with Crippen LogP contribution in [0.4, 0.5) is 0 Å². The summed E-state index contributed by atoms with van der Waals surface area (Å²) in [5, 5.41) is 20.4. The molecule has 0 fully saturated rings. The highest BCUT2D eigenvalue weighted by Crippen LogP contribution is 2.40. The second-order valence-corrected chi connectivity index (χ2v) is 15.0. The van der Waals surface area contributed by atoms with Crippen LogP contribution in [-0.2, 0) is 21.4 Å². The summed E-state index contributed by atoms with van der Waals surface area (Å²) in [4.78, 5) is 12.0. The van der Waals surface area contributed by atoms with Gasteiger partial charge in [0.05, 0.1) is 0 Å². The molecule has 0 amide bonds. The molecular weight excluding hydrogens is 500 g/mol. The van der Waals surface area contributed by atoms with Gasteiger partial charge in [0.15, 0.2) is 0 Å². The second kappa shape index (κ2) is 19.1. The number of unbranched alkanes of at least 4 members (excludes halogenated alkanes) is 15. The van der Waals surface area contributed by atoms with Crippen molar-refractivity contribution in [1.82, 2.24) is 0 Å². The van der Waals surface area contributed by atoms with E-state index >= 15 is 0 Å². The van der Waals surface area contributed by atoms with E-state index in [-0.39, 0.29) is 16.1 Å². The van der Waals surface area contributed by atoms with Crippen molar-refractivity contribution >= 4 is 17.7 Å². The molecule has 1 aromatic rings. The average Bonchev–Trinajstić information content (AvgIpc) is 2.84. The van der Waals surface area contributed by atoms with Crippen LogP contribution in [-0.4, -0.2) is 21.4 Å². The molecule has 1 rings (SSSR count). The largest absolute Gasteiger partial charge is 0.507 e. The van der Waals surface area contributed by atoms with Crippen LogP contribution < -0.4 is 0 Å². The van der Waals surface area contributed by atoms with Gasteiger partial charge in [0.2, 0.25) is 0 Å². The molecule has 2 N–H and O–H groups in total. The molecule has 39 heavy (non-hydrogen) atoms. The second-order valence-electron chi connectivity index (χ2n) is 13.8. The van der Waals surface area contributed by atoms with Crippen molar-refractivity contribution in [1.29, 1.82) is 0 Å². The minimum Gasteiger partial charge on any atom is -0.507 e. The number of aliphatic carboxylic acids is 1. The van der Waals surface area contributed by atoms with E-state index in [0.29, 0.717) is 11.5 Å². The number of carbonyl (C=O) groups is 1. The van der Waals surface area contributed by atoms with E-state index in [4.69, 9.17) is 0 Å². The number of benzene rings is 1. The van der Waals surface area contributed by atoms with Gasteiger partial charge in [-0.05, 0) is 33.9 Å². The third kappa shape index (κ3) is 15.4. The molecular formula is C35H62O3S. The maximum absolute atomic E-state index is 12.0. The summed E-state index contributed by atoms with van der Waals surface area (Å²) >= 11 is 1.53. The fourth-order valence-corrected chi connectivity index (χ4v) is 6.31. The minimum atomic E-state index is -0.702. The van der Waals surface area contributed by atoms with E-state index in [2.05, 4.69) is 60.6 Å². The molecule has 226 valence electrons. The number of carboxylic acid groups (broad SMARTS) is 1. The molecule has 0 aliphatic rings. The smallest absolute Gasteiger partial charge is 0.316 e. The maximum atomic E-state index is 12.0. The number of phenolic OH excluding ortho intramolecular Hbond substituents is 1. The molecule has 1 aromatic carbocycles. The van der Waals surface area contributed by atoms with Crippen LogP contribution >= 0.6 is 11.8 Å². The third-order valence-corrected chi connectivity index (χ3v) is 9.17. The maximum Gasteiger partial charge on any atom is 0.316 e. The number of thioether (sulfide) groups is 1. The fourth-order valence-electron chi connectivity index (χ4n) is 5.27. The van der Waals surface area contributed by atoms with E-state index in [1.165, 1.54) is 102 Å². The zero-order chi connectivity index (χ0) is 29.3. The van der Waals surface area contributed by atoms with Crippen molar-refractivity contribution in [3.63, 3.8) is 0 Å². The molecule has 1 atom stereocenters. The molecule has 0 saturated carbocycles. The summed E-state index contributed by atoms with van der Waals surface area (Å²) in [7, 11) is 0. The summed E-state index contributed by atoms with van der Waals surface area (Å²) in [5.74, 6) is 0.334. The number of phenols is 1. The van der Waals surface area contributed by atoms with E-state index < -0.39 is 5.97 Å². The molecule has 0 aromatic heterocycles. The summed E-state index contributed by atoms with van der Waals surface area (Å²) in [6.07, 6.45) is 22.0. The number of hydrogen-bond acceptors (Lipinski definition) is 3. The Morgan fingerprint density at radius 2 is 1.05 bits per heavy atom. The van der Waals surface area contributed by atoms with Crippen LogP contribution in [0.3, 0.4) is 0 Å². The Bertz CT molecular complexity index is 768. The SMILES string of the molecule is CCCCCCCCCCCCCCCCCCC(SCc1cc(C(C)(C)C)c(O)c(C(C)(C)C)c1)C(=O)O. The monoisotopic (exact) mass is 562 g/mol. The van der Waals surface area contributed by atoms with Gasteiger partial charge in [-0.1, -0.05) is 163 Å². The molecule has 0 radical (unpaired) electrons. The van der Waals surface area contributed by atoms with Gasteiger partial charge >= 0.3 is 5.97 Å². The highest BCUT2D eigenvalue weighted by Gasteiger charge is 2.27. The van der Waals surface area contributed by atoms with Crippen LogP contribution in [0, 0.1) is 0 Å². The molecule has 0 heterocycles. The lowest BCUT2D eigenvalue weighted by Gasteiger charge is -2.28. The predicted molar refractivity (Wildman–Crippen MR) is 172 cm³/mol. The van der Waals surface area contributed by atoms with Gasteiger partial charge in [0.1, 0.15) is 11.0 Å². The standard InChI is InChI=1S/C35H62O3S/c1-8-9-10-11-12-13-14-15-16-17-18-19-20-21-22-23-24-31(33(37)38)39-27-28-25-29(34(2,3)4)32(36)30(26-28)35(5,6)7/h25-26,31,36H,8-24,27H2,1-7H3,(H,37,38). The first-order valence-corrected chi connectivity index (χ1v) is 17.1. The van der Waals surface area contributed by atoms with Gasteiger partial charge in [-0.25, -0.2) is 0 Å². The molecule has 0 aliphatic heterocycles. The third-order valence-electron chi connectivity index (χ3n) is 7.83. The van der Waals surface area contributed by atoms with Gasteiger partial charge < -0.3 is 10.2 Å². The van der Waals surface area contributed by atoms with Crippen molar-refractivity contribution in [2.45, 2.75) is 179 Å². The molecule has 3 nitrogen and oxygen atoms in total. The highest BCUT2D eigenvalue weighted by atomic mass is 32.2. The van der Waals surface area contributed by atoms with Crippen molar-refractivity contribution in [2.75, 3.05) is 0 Å². The van der Waals surface area contributed by atoms with Crippen LogP contribution in [0.5, 0.6) is 5.75 Å². The zero-order valence-electron chi connectivity index (χ0n) is 26.7. The molecule has 0 spiro atoms. The Labute approximate surface area is 246 Å². The van der Waals surface area contributed by atoms with Crippen molar-refractivity contribution in [2.24, 2.45) is 0 Å². The molecule has 0 bridgehead atoms. The van der Waals surface area contributed by atoms with Gasteiger partial charge in [-0.3, -0.25) is 4.79 Å². The van der Waals surface area contributed by atoms with Gasteiger partial charge in [0.25, 0.3) is 0 Å². The molecule has 1 unspecified atom stereocenters. The zero-order valence-corrected chi connectivity index (χ0v) is 27.5. The fraction of sp³-hybridized carbons (Fsp3) is 0.800. The van der Waals surface area contributed by atoms with E-state index in [0.717, 1.165) is 36.0 Å². The average molecular weight is 563 g/mol. The summed E-state index contributed by atoms with van der Waals surface area (Å²) < 4.78 is 0. The van der Waals surface area contributed by atoms with E-state index in [1.54, 1.807) is 0 Å². The first-order chi connectivity index (χ1) is 18.4. The Morgan fingerprint density at radius 3 is 1.38 bits per heavy atom. The normalized spacial score (nSPS) is 13.1. The van der Waals surface area contributed by atoms with E-state index in [9.17, 15) is 15.0 Å². The number of rotatable bonds is 21. The summed E-state index contributed by atoms with van der Waals surface area (Å²) in [6.45, 7) is 15.0. The minimum absolute atomic E-state index is 0.176. The number of aromatic hydroxyl groups is 1. The quantitative estimate of drug-likeness (QED) is 0.146. The van der Waals surface area contributed by atoms with Gasteiger partial charge in [0, 0.05) is 5.75 Å². The van der Waals surface area contributed by atoms with E-state index in [1.807, 2.05) is 0 Å². The molecule has 4 heteroatoms. The Balaban J connectivity index is 2.31. The summed E-state index contributed by atoms with van der Waals surface area (Å²) in [6, 6.07) is 4.15. The first-order valence-electron chi connectivity index (χ1n) is 16.1. The van der Waals surface area contributed by atoms with Gasteiger partial charge in [-0.2, -0.15) is 0 Å². The van der Waals surface area contributed by atoms with Crippen molar-refractivity contribution in [3.8, 4) is 5.75 Å². The lowest BCUT2D eigenvalue weighted by molar-refractivity contribution is -0.136. The Morgan fingerprint density at radius 1 is 0.692 bits per heavy atom. The predicted octanol–water partition coefficient (Wildman–Crippen LogP) is 11.3. The number of carboxylic acids is 1. The molecule has 0 aliphatic carbocycles. The Kier molecular flexibility index (Phi) is 17.5. The van der Waals surface area contributed by atoms with Crippen LogP contribution in [0.2, 0.25) is 0 Å². The van der Waals surface area contributed by atoms with Crippen molar-refractivity contribution in [3.05, 3.63) is 28.8 Å². The number of hydrogen-bond donors (Lipinski definition) is 2.